The first-order valence-corrected chi connectivity index (χ1v) is 11.8. The average Bonchev–Trinajstić information content (AvgIpc) is 3.28. The maximum absolute atomic E-state index is 14.7. The van der Waals surface area contributed by atoms with Gasteiger partial charge in [-0.2, -0.15) is 0 Å². The van der Waals surface area contributed by atoms with Crippen LogP contribution in [0.15, 0.2) is 41.8 Å². The molecule has 1 amide bonds. The molecule has 170 valence electrons. The van der Waals surface area contributed by atoms with Crippen LogP contribution in [0.2, 0.25) is 5.02 Å². The summed E-state index contributed by atoms with van der Waals surface area (Å²) in [5.41, 5.74) is 0.295. The summed E-state index contributed by atoms with van der Waals surface area (Å²) in [6, 6.07) is 9.53. The van der Waals surface area contributed by atoms with Crippen LogP contribution in [-0.2, 0) is 5.41 Å². The van der Waals surface area contributed by atoms with Gasteiger partial charge in [-0.25, -0.2) is 13.8 Å². The van der Waals surface area contributed by atoms with E-state index >= 15 is 0 Å². The molecule has 0 aliphatic carbocycles. The SMILES string of the molecule is C#C[C@@](C)(c1ccc(Cl)cc1)c1csc(NC(=O)c2c(F)cc(N3CCCCC3)cc2F)n1. The molecule has 2 aromatic carbocycles. The number of benzene rings is 2. The molecule has 0 unspecified atom stereocenters. The number of aromatic nitrogens is 1. The van der Waals surface area contributed by atoms with Gasteiger partial charge in [0.1, 0.15) is 17.2 Å². The number of nitrogens with one attached hydrogen (secondary N) is 1. The number of anilines is 2. The normalized spacial score (nSPS) is 15.5. The lowest BCUT2D eigenvalue weighted by atomic mass is 9.81. The molecule has 1 fully saturated rings. The van der Waals surface area contributed by atoms with Crippen molar-refractivity contribution >= 4 is 39.7 Å². The Labute approximate surface area is 200 Å². The summed E-state index contributed by atoms with van der Waals surface area (Å²) in [5, 5.41) is 5.00. The number of carbonyl (C=O) groups is 1. The minimum absolute atomic E-state index is 0.198. The number of carbonyl (C=O) groups excluding carboxylic acids is 1. The zero-order chi connectivity index (χ0) is 23.6. The Morgan fingerprint density at radius 3 is 2.42 bits per heavy atom. The Morgan fingerprint density at radius 1 is 1.18 bits per heavy atom. The van der Waals surface area contributed by atoms with Gasteiger partial charge in [0.05, 0.1) is 11.1 Å². The van der Waals surface area contributed by atoms with Gasteiger partial charge in [0, 0.05) is 29.2 Å². The molecule has 33 heavy (non-hydrogen) atoms. The summed E-state index contributed by atoms with van der Waals surface area (Å²) < 4.78 is 29.5. The number of hydrogen-bond acceptors (Lipinski definition) is 4. The Morgan fingerprint density at radius 2 is 1.82 bits per heavy atom. The molecule has 1 aromatic heterocycles. The second kappa shape index (κ2) is 9.50. The topological polar surface area (TPSA) is 45.2 Å². The standard InChI is InChI=1S/C25H22ClF2N3OS/c1-3-25(2,16-7-9-17(26)10-8-16)21-15-33-24(29-21)30-23(32)22-19(27)13-18(14-20(22)28)31-11-5-4-6-12-31/h1,7-10,13-15H,4-6,11-12H2,2H3,(H,29,30,32)/t25-/m0/s1. The lowest BCUT2D eigenvalue weighted by molar-refractivity contribution is 0.101. The van der Waals surface area contributed by atoms with Crippen molar-refractivity contribution in [1.29, 1.82) is 0 Å². The fourth-order valence-corrected chi connectivity index (χ4v) is 4.86. The molecule has 0 spiro atoms. The highest BCUT2D eigenvalue weighted by Crippen LogP contribution is 2.34. The minimum Gasteiger partial charge on any atom is -0.371 e. The summed E-state index contributed by atoms with van der Waals surface area (Å²) in [5.74, 6) is 0.0435. The van der Waals surface area contributed by atoms with Crippen molar-refractivity contribution < 1.29 is 13.6 Å². The number of hydrogen-bond donors (Lipinski definition) is 1. The van der Waals surface area contributed by atoms with Gasteiger partial charge in [0.25, 0.3) is 5.91 Å². The van der Waals surface area contributed by atoms with Crippen LogP contribution < -0.4 is 10.2 Å². The lowest BCUT2D eigenvalue weighted by Gasteiger charge is -2.29. The molecule has 1 atom stereocenters. The summed E-state index contributed by atoms with van der Waals surface area (Å²) >= 11 is 7.11. The molecular weight excluding hydrogens is 464 g/mol. The molecule has 1 N–H and O–H groups in total. The number of piperidine rings is 1. The number of halogens is 3. The van der Waals surface area contributed by atoms with E-state index in [1.165, 1.54) is 12.1 Å². The van der Waals surface area contributed by atoms with Crippen LogP contribution in [0.3, 0.4) is 0 Å². The Balaban J connectivity index is 1.55. The van der Waals surface area contributed by atoms with Gasteiger partial charge < -0.3 is 4.90 Å². The number of amides is 1. The van der Waals surface area contributed by atoms with Crippen molar-refractivity contribution in [3.8, 4) is 12.3 Å². The van der Waals surface area contributed by atoms with Crippen LogP contribution in [0, 0.1) is 24.0 Å². The Bertz CT molecular complexity index is 1190. The van der Waals surface area contributed by atoms with E-state index < -0.39 is 28.5 Å². The van der Waals surface area contributed by atoms with Crippen LogP contribution in [0.25, 0.3) is 0 Å². The van der Waals surface area contributed by atoms with E-state index in [9.17, 15) is 13.6 Å². The first kappa shape index (κ1) is 23.2. The minimum atomic E-state index is -0.903. The summed E-state index contributed by atoms with van der Waals surface area (Å²) in [7, 11) is 0. The van der Waals surface area contributed by atoms with Crippen molar-refractivity contribution in [3.05, 3.63) is 75.3 Å². The maximum Gasteiger partial charge on any atom is 0.263 e. The monoisotopic (exact) mass is 485 g/mol. The third-order valence-electron chi connectivity index (χ3n) is 5.92. The summed E-state index contributed by atoms with van der Waals surface area (Å²) in [6.07, 6.45) is 8.88. The van der Waals surface area contributed by atoms with Crippen LogP contribution in [0.1, 0.15) is 47.8 Å². The first-order valence-electron chi connectivity index (χ1n) is 10.6. The molecule has 8 heteroatoms. The molecule has 2 heterocycles. The van der Waals surface area contributed by atoms with E-state index in [0.29, 0.717) is 16.4 Å². The summed E-state index contributed by atoms with van der Waals surface area (Å²) in [4.78, 5) is 19.0. The highest BCUT2D eigenvalue weighted by atomic mass is 35.5. The van der Waals surface area contributed by atoms with Crippen molar-refractivity contribution in [2.75, 3.05) is 23.3 Å². The third-order valence-corrected chi connectivity index (χ3v) is 6.93. The van der Waals surface area contributed by atoms with Crippen LogP contribution in [-0.4, -0.2) is 24.0 Å². The molecular formula is C25H22ClF2N3OS. The largest absolute Gasteiger partial charge is 0.371 e. The molecule has 1 aliphatic rings. The zero-order valence-electron chi connectivity index (χ0n) is 18.0. The number of thiazole rings is 1. The van der Waals surface area contributed by atoms with Crippen LogP contribution in [0.4, 0.5) is 19.6 Å². The highest BCUT2D eigenvalue weighted by molar-refractivity contribution is 7.14. The second-order valence-corrected chi connectivity index (χ2v) is 9.39. The van der Waals surface area contributed by atoms with Crippen molar-refractivity contribution in [3.63, 3.8) is 0 Å². The molecule has 1 aliphatic heterocycles. The summed E-state index contributed by atoms with van der Waals surface area (Å²) in [6.45, 7) is 3.32. The molecule has 0 saturated carbocycles. The van der Waals surface area contributed by atoms with Gasteiger partial charge in [0.2, 0.25) is 0 Å². The van der Waals surface area contributed by atoms with Gasteiger partial charge in [0.15, 0.2) is 5.13 Å². The molecule has 4 rings (SSSR count). The lowest BCUT2D eigenvalue weighted by Crippen LogP contribution is -2.30. The van der Waals surface area contributed by atoms with Crippen LogP contribution >= 0.6 is 22.9 Å². The number of nitrogens with zero attached hydrogens (tertiary/aromatic N) is 2. The van der Waals surface area contributed by atoms with Crippen LogP contribution in [0.5, 0.6) is 0 Å². The van der Waals surface area contributed by atoms with E-state index in [1.54, 1.807) is 17.5 Å². The van der Waals surface area contributed by atoms with Crippen molar-refractivity contribution in [2.45, 2.75) is 31.6 Å². The average molecular weight is 486 g/mol. The van der Waals surface area contributed by atoms with E-state index in [2.05, 4.69) is 16.2 Å². The van der Waals surface area contributed by atoms with E-state index in [-0.39, 0.29) is 5.13 Å². The molecule has 0 bridgehead atoms. The van der Waals surface area contributed by atoms with Gasteiger partial charge in [-0.15, -0.1) is 17.8 Å². The number of terminal acetylenes is 1. The molecule has 0 radical (unpaired) electrons. The fourth-order valence-electron chi connectivity index (χ4n) is 3.92. The molecule has 3 aromatic rings. The maximum atomic E-state index is 14.7. The first-order chi connectivity index (χ1) is 15.8. The predicted molar refractivity (Wildman–Crippen MR) is 129 cm³/mol. The second-order valence-electron chi connectivity index (χ2n) is 8.10. The van der Waals surface area contributed by atoms with Crippen molar-refractivity contribution in [2.24, 2.45) is 0 Å². The van der Waals surface area contributed by atoms with E-state index in [0.717, 1.165) is 49.3 Å². The van der Waals surface area contributed by atoms with Crippen molar-refractivity contribution in [1.82, 2.24) is 4.98 Å². The smallest absolute Gasteiger partial charge is 0.263 e. The van der Waals surface area contributed by atoms with Gasteiger partial charge >= 0.3 is 0 Å². The van der Waals surface area contributed by atoms with E-state index in [4.69, 9.17) is 18.0 Å². The zero-order valence-corrected chi connectivity index (χ0v) is 19.6. The van der Waals surface area contributed by atoms with Gasteiger partial charge in [-0.1, -0.05) is 29.7 Å². The van der Waals surface area contributed by atoms with E-state index in [1.807, 2.05) is 24.0 Å². The predicted octanol–water partition coefficient (Wildman–Crippen LogP) is 6.26. The third kappa shape index (κ3) is 4.73. The molecule has 4 nitrogen and oxygen atoms in total. The highest BCUT2D eigenvalue weighted by Gasteiger charge is 2.30. The van der Waals surface area contributed by atoms with Gasteiger partial charge in [-0.3, -0.25) is 10.1 Å². The fraction of sp³-hybridized carbons (Fsp3) is 0.280. The molecule has 1 saturated heterocycles. The quantitative estimate of drug-likeness (QED) is 0.434. The Hall–Kier alpha value is -2.95. The number of rotatable bonds is 5. The van der Waals surface area contributed by atoms with Gasteiger partial charge in [-0.05, 0) is 56.0 Å². The Kier molecular flexibility index (Phi) is 6.68.